The van der Waals surface area contributed by atoms with Gasteiger partial charge in [0.25, 0.3) is 5.91 Å². The van der Waals surface area contributed by atoms with Crippen LogP contribution >= 0.6 is 0 Å². The summed E-state index contributed by atoms with van der Waals surface area (Å²) in [7, 11) is 0. The number of aryl methyl sites for hydroxylation is 1. The van der Waals surface area contributed by atoms with Crippen LogP contribution in [0.15, 0.2) is 54.6 Å². The zero-order chi connectivity index (χ0) is 21.9. The van der Waals surface area contributed by atoms with E-state index in [-0.39, 0.29) is 35.3 Å². The van der Waals surface area contributed by atoms with E-state index in [1.807, 2.05) is 0 Å². The topological polar surface area (TPSA) is 77.2 Å². The fourth-order valence-corrected chi connectivity index (χ4v) is 2.64. The molecule has 156 valence electrons. The Hall–Kier alpha value is -3.62. The average molecular weight is 419 g/mol. The molecule has 0 unspecified atom stereocenters. The lowest BCUT2D eigenvalue weighted by atomic mass is 10.2. The first-order chi connectivity index (χ1) is 14.1. The van der Waals surface area contributed by atoms with Crippen molar-refractivity contribution >= 4 is 11.7 Å². The van der Waals surface area contributed by atoms with Gasteiger partial charge in [0.1, 0.15) is 23.1 Å². The Morgan fingerprint density at radius 1 is 1.07 bits per heavy atom. The SMILES string of the molecule is Cc1ccc(C(=O)NCc2ccc(Oc3cc(F)cc(C(F)(F)F)c3)cc2)c(N)n1. The molecule has 3 aromatic rings. The van der Waals surface area contributed by atoms with E-state index in [4.69, 9.17) is 10.5 Å². The molecular weight excluding hydrogens is 402 g/mol. The highest BCUT2D eigenvalue weighted by atomic mass is 19.4. The maximum Gasteiger partial charge on any atom is 0.416 e. The van der Waals surface area contributed by atoms with Gasteiger partial charge in [-0.25, -0.2) is 9.37 Å². The van der Waals surface area contributed by atoms with Crippen LogP contribution in [0.25, 0.3) is 0 Å². The standard InChI is InChI=1S/C21H17F4N3O2/c1-12-2-7-18(19(26)28-12)20(29)27-11-13-3-5-16(6-4-13)30-17-9-14(21(23,24)25)8-15(22)10-17/h2-10H,11H2,1H3,(H2,26,28)(H,27,29). The van der Waals surface area contributed by atoms with Crippen LogP contribution in [0.5, 0.6) is 11.5 Å². The minimum Gasteiger partial charge on any atom is -0.457 e. The van der Waals surface area contributed by atoms with Gasteiger partial charge < -0.3 is 15.8 Å². The Morgan fingerprint density at radius 2 is 1.77 bits per heavy atom. The molecule has 0 saturated carbocycles. The Balaban J connectivity index is 1.64. The number of nitrogens with two attached hydrogens (primary N) is 1. The Morgan fingerprint density at radius 3 is 2.40 bits per heavy atom. The highest BCUT2D eigenvalue weighted by Crippen LogP contribution is 2.33. The number of hydrogen-bond acceptors (Lipinski definition) is 4. The highest BCUT2D eigenvalue weighted by molar-refractivity contribution is 5.98. The van der Waals surface area contributed by atoms with Gasteiger partial charge in [-0.1, -0.05) is 12.1 Å². The Kier molecular flexibility index (Phi) is 5.91. The predicted molar refractivity (Wildman–Crippen MR) is 102 cm³/mol. The van der Waals surface area contributed by atoms with Crippen molar-refractivity contribution < 1.29 is 27.1 Å². The van der Waals surface area contributed by atoms with Gasteiger partial charge in [-0.15, -0.1) is 0 Å². The van der Waals surface area contributed by atoms with Crippen molar-refractivity contribution in [2.45, 2.75) is 19.6 Å². The van der Waals surface area contributed by atoms with Gasteiger partial charge in [0.2, 0.25) is 0 Å². The number of halogens is 4. The molecular formula is C21H17F4N3O2. The molecule has 0 radical (unpaired) electrons. The van der Waals surface area contributed by atoms with Gasteiger partial charge >= 0.3 is 6.18 Å². The summed E-state index contributed by atoms with van der Waals surface area (Å²) in [5.41, 5.74) is 6.27. The minimum absolute atomic E-state index is 0.129. The molecule has 0 aliphatic rings. The first-order valence-corrected chi connectivity index (χ1v) is 8.78. The average Bonchev–Trinajstić information content (AvgIpc) is 2.66. The maximum atomic E-state index is 13.5. The fraction of sp³-hybridized carbons (Fsp3) is 0.143. The van der Waals surface area contributed by atoms with Gasteiger partial charge in [0.15, 0.2) is 0 Å². The number of carbonyl (C=O) groups is 1. The first kappa shape index (κ1) is 21.1. The van der Waals surface area contributed by atoms with Crippen molar-refractivity contribution in [1.29, 1.82) is 0 Å². The Labute approximate surface area is 169 Å². The van der Waals surface area contributed by atoms with Gasteiger partial charge in [-0.2, -0.15) is 13.2 Å². The first-order valence-electron chi connectivity index (χ1n) is 8.78. The van der Waals surface area contributed by atoms with Crippen LogP contribution in [0.4, 0.5) is 23.4 Å². The van der Waals surface area contributed by atoms with Crippen LogP contribution in [-0.4, -0.2) is 10.9 Å². The molecule has 3 N–H and O–H groups in total. The lowest BCUT2D eigenvalue weighted by molar-refractivity contribution is -0.137. The third kappa shape index (κ3) is 5.25. The zero-order valence-electron chi connectivity index (χ0n) is 15.8. The van der Waals surface area contributed by atoms with Crippen molar-refractivity contribution in [3.05, 3.63) is 82.8 Å². The van der Waals surface area contributed by atoms with E-state index in [0.717, 1.165) is 12.1 Å². The van der Waals surface area contributed by atoms with Crippen LogP contribution in [0, 0.1) is 12.7 Å². The number of ether oxygens (including phenoxy) is 1. The van der Waals surface area contributed by atoms with E-state index in [0.29, 0.717) is 17.3 Å². The molecule has 1 amide bonds. The monoisotopic (exact) mass is 419 g/mol. The van der Waals surface area contributed by atoms with Crippen molar-refractivity contribution in [2.75, 3.05) is 5.73 Å². The number of nitrogens with zero attached hydrogens (tertiary/aromatic N) is 1. The minimum atomic E-state index is -4.68. The second kappa shape index (κ2) is 8.40. The van der Waals surface area contributed by atoms with E-state index in [2.05, 4.69) is 10.3 Å². The number of anilines is 1. The summed E-state index contributed by atoms with van der Waals surface area (Å²) in [6, 6.07) is 11.5. The Bertz CT molecular complexity index is 1070. The molecule has 1 heterocycles. The maximum absolute atomic E-state index is 13.5. The van der Waals surface area contributed by atoms with E-state index in [9.17, 15) is 22.4 Å². The summed E-state index contributed by atoms with van der Waals surface area (Å²) >= 11 is 0. The van der Waals surface area contributed by atoms with Crippen molar-refractivity contribution in [3.8, 4) is 11.5 Å². The van der Waals surface area contributed by atoms with E-state index in [1.165, 1.54) is 12.1 Å². The molecule has 3 rings (SSSR count). The summed E-state index contributed by atoms with van der Waals surface area (Å²) in [4.78, 5) is 16.3. The molecule has 0 atom stereocenters. The molecule has 0 aliphatic carbocycles. The van der Waals surface area contributed by atoms with Crippen LogP contribution < -0.4 is 15.8 Å². The number of carbonyl (C=O) groups excluding carboxylic acids is 1. The molecule has 1 aromatic heterocycles. The number of rotatable bonds is 5. The molecule has 0 aliphatic heterocycles. The van der Waals surface area contributed by atoms with Crippen LogP contribution in [0.3, 0.4) is 0 Å². The number of nitrogen functional groups attached to an aromatic ring is 1. The number of amides is 1. The number of pyridine rings is 1. The molecule has 0 saturated heterocycles. The number of aromatic nitrogens is 1. The molecule has 9 heteroatoms. The smallest absolute Gasteiger partial charge is 0.416 e. The normalized spacial score (nSPS) is 11.2. The summed E-state index contributed by atoms with van der Waals surface area (Å²) in [5, 5.41) is 2.70. The van der Waals surface area contributed by atoms with Crippen molar-refractivity contribution in [1.82, 2.24) is 10.3 Å². The zero-order valence-corrected chi connectivity index (χ0v) is 15.8. The third-order valence-electron chi connectivity index (χ3n) is 4.12. The van der Waals surface area contributed by atoms with Gasteiger partial charge in [-0.3, -0.25) is 4.79 Å². The molecule has 0 spiro atoms. The van der Waals surface area contributed by atoms with E-state index < -0.39 is 17.6 Å². The molecule has 0 fully saturated rings. The summed E-state index contributed by atoms with van der Waals surface area (Å²) in [6.45, 7) is 1.94. The van der Waals surface area contributed by atoms with Gasteiger partial charge in [0, 0.05) is 18.3 Å². The van der Waals surface area contributed by atoms with Crippen LogP contribution in [0.2, 0.25) is 0 Å². The molecule has 30 heavy (non-hydrogen) atoms. The molecule has 5 nitrogen and oxygen atoms in total. The second-order valence-corrected chi connectivity index (χ2v) is 6.49. The number of benzene rings is 2. The largest absolute Gasteiger partial charge is 0.457 e. The predicted octanol–water partition coefficient (Wildman–Crippen LogP) is 4.85. The lowest BCUT2D eigenvalue weighted by Crippen LogP contribution is -2.24. The quantitative estimate of drug-likeness (QED) is 0.580. The number of nitrogens with one attached hydrogen (secondary N) is 1. The summed E-state index contributed by atoms with van der Waals surface area (Å²) in [5.74, 6) is -1.37. The van der Waals surface area contributed by atoms with Crippen LogP contribution in [0.1, 0.15) is 27.2 Å². The van der Waals surface area contributed by atoms with Gasteiger partial charge in [-0.05, 0) is 48.9 Å². The summed E-state index contributed by atoms with van der Waals surface area (Å²) in [6.07, 6.45) is -4.68. The fourth-order valence-electron chi connectivity index (χ4n) is 2.64. The van der Waals surface area contributed by atoms with Crippen molar-refractivity contribution in [2.24, 2.45) is 0 Å². The number of hydrogen-bond donors (Lipinski definition) is 2. The second-order valence-electron chi connectivity index (χ2n) is 6.49. The van der Waals surface area contributed by atoms with Crippen LogP contribution in [-0.2, 0) is 12.7 Å². The van der Waals surface area contributed by atoms with E-state index >= 15 is 0 Å². The molecule has 2 aromatic carbocycles. The van der Waals surface area contributed by atoms with E-state index in [1.54, 1.807) is 31.2 Å². The van der Waals surface area contributed by atoms with Gasteiger partial charge in [0.05, 0.1) is 11.1 Å². The molecule has 0 bridgehead atoms. The third-order valence-corrected chi connectivity index (χ3v) is 4.12. The summed E-state index contributed by atoms with van der Waals surface area (Å²) < 4.78 is 57.1. The highest BCUT2D eigenvalue weighted by Gasteiger charge is 2.31. The lowest BCUT2D eigenvalue weighted by Gasteiger charge is -2.11. The van der Waals surface area contributed by atoms with Crippen molar-refractivity contribution in [3.63, 3.8) is 0 Å². The number of alkyl halides is 3.